The fourth-order valence-electron chi connectivity index (χ4n) is 3.96. The van der Waals surface area contributed by atoms with Crippen molar-refractivity contribution >= 4 is 34.2 Å². The summed E-state index contributed by atoms with van der Waals surface area (Å²) in [6, 6.07) is 29.7. The second-order valence-electron chi connectivity index (χ2n) is 7.38. The van der Waals surface area contributed by atoms with Crippen molar-refractivity contribution in [2.45, 2.75) is 13.0 Å². The Balaban J connectivity index is 1.60. The van der Waals surface area contributed by atoms with Gasteiger partial charge in [-0.3, -0.25) is 4.79 Å². The molecule has 2 heterocycles. The highest BCUT2D eigenvalue weighted by molar-refractivity contribution is 8.16. The lowest BCUT2D eigenvalue weighted by Crippen LogP contribution is -2.37. The van der Waals surface area contributed by atoms with Crippen LogP contribution in [0.4, 0.5) is 5.69 Å². The summed E-state index contributed by atoms with van der Waals surface area (Å²) in [7, 11) is 0. The quantitative estimate of drug-likeness (QED) is 0.555. The Bertz CT molecular complexity index is 1200. The van der Waals surface area contributed by atoms with E-state index >= 15 is 0 Å². The molecule has 0 spiro atoms. The van der Waals surface area contributed by atoms with Gasteiger partial charge in [0, 0.05) is 11.1 Å². The number of carbonyl (C=O) groups is 1. The zero-order chi connectivity index (χ0) is 21.2. The standard InChI is InChI=1S/C26H21N3OS/c1-18-23(25(30)28-21-15-9-4-10-16-21)24(20-13-7-3-8-14-20)29-22(17-31-26(29)27-18)19-11-5-2-6-12-19/h2-17,24H,1H3,(H,28,30)/t24-/m0/s1. The van der Waals surface area contributed by atoms with Crippen LogP contribution in [0.1, 0.15) is 24.1 Å². The Hall–Kier alpha value is -3.57. The van der Waals surface area contributed by atoms with Crippen molar-refractivity contribution in [3.63, 3.8) is 0 Å². The highest BCUT2D eigenvalue weighted by Crippen LogP contribution is 2.46. The molecule has 0 fully saturated rings. The molecule has 5 heteroatoms. The normalized spacial score (nSPS) is 17.7. The molecule has 0 aromatic heterocycles. The zero-order valence-corrected chi connectivity index (χ0v) is 17.8. The third kappa shape index (κ3) is 3.68. The Kier molecular flexibility index (Phi) is 5.18. The van der Waals surface area contributed by atoms with Crippen molar-refractivity contribution in [3.8, 4) is 0 Å². The van der Waals surface area contributed by atoms with Gasteiger partial charge in [-0.15, -0.1) is 0 Å². The van der Waals surface area contributed by atoms with E-state index in [9.17, 15) is 4.79 Å². The summed E-state index contributed by atoms with van der Waals surface area (Å²) < 4.78 is 0. The molecule has 5 rings (SSSR count). The average molecular weight is 424 g/mol. The molecule has 3 aromatic carbocycles. The molecule has 0 bridgehead atoms. The number of fused-ring (bicyclic) bond motifs is 1. The van der Waals surface area contributed by atoms with Crippen LogP contribution in [0, 0.1) is 0 Å². The van der Waals surface area contributed by atoms with Crippen LogP contribution in [-0.4, -0.2) is 16.0 Å². The summed E-state index contributed by atoms with van der Waals surface area (Å²) in [5.74, 6) is -0.135. The van der Waals surface area contributed by atoms with Gasteiger partial charge in [0.2, 0.25) is 0 Å². The first-order chi connectivity index (χ1) is 15.2. The number of anilines is 1. The van der Waals surface area contributed by atoms with Crippen LogP contribution in [0.15, 0.2) is 113 Å². The third-order valence-electron chi connectivity index (χ3n) is 5.39. The number of allylic oxidation sites excluding steroid dienone is 1. The fourth-order valence-corrected chi connectivity index (χ4v) is 4.93. The van der Waals surface area contributed by atoms with Gasteiger partial charge < -0.3 is 10.2 Å². The lowest BCUT2D eigenvalue weighted by atomic mass is 9.92. The van der Waals surface area contributed by atoms with Gasteiger partial charge in [-0.05, 0) is 30.2 Å². The van der Waals surface area contributed by atoms with E-state index < -0.39 is 0 Å². The predicted octanol–water partition coefficient (Wildman–Crippen LogP) is 6.06. The predicted molar refractivity (Wildman–Crippen MR) is 128 cm³/mol. The van der Waals surface area contributed by atoms with Gasteiger partial charge in [0.25, 0.3) is 5.91 Å². The summed E-state index contributed by atoms with van der Waals surface area (Å²) in [6.45, 7) is 1.92. The fraction of sp³-hybridized carbons (Fsp3) is 0.0769. The van der Waals surface area contributed by atoms with Crippen LogP contribution < -0.4 is 5.32 Å². The molecular formula is C26H21N3OS. The Morgan fingerprint density at radius 3 is 2.19 bits per heavy atom. The van der Waals surface area contributed by atoms with Crippen molar-refractivity contribution in [3.05, 3.63) is 119 Å². The SMILES string of the molecule is CC1=C(C(=O)Nc2ccccc2)[C@H](c2ccccc2)N2C(c3ccccc3)=CSC2=N1. The number of aliphatic imine (C=N–C) groups is 1. The van der Waals surface area contributed by atoms with Gasteiger partial charge in [-0.1, -0.05) is 90.6 Å². The van der Waals surface area contributed by atoms with Crippen LogP contribution in [0.5, 0.6) is 0 Å². The van der Waals surface area contributed by atoms with Gasteiger partial charge in [-0.2, -0.15) is 0 Å². The third-order valence-corrected chi connectivity index (χ3v) is 6.23. The topological polar surface area (TPSA) is 44.7 Å². The van der Waals surface area contributed by atoms with Gasteiger partial charge in [0.1, 0.15) is 0 Å². The molecule has 3 aromatic rings. The van der Waals surface area contributed by atoms with Gasteiger partial charge in [0.15, 0.2) is 5.17 Å². The molecule has 1 atom stereocenters. The number of para-hydroxylation sites is 1. The molecule has 4 nitrogen and oxygen atoms in total. The Labute approximate surface area is 186 Å². The lowest BCUT2D eigenvalue weighted by Gasteiger charge is -2.36. The van der Waals surface area contributed by atoms with Crippen molar-refractivity contribution in [2.75, 3.05) is 5.32 Å². The van der Waals surface area contributed by atoms with Crippen molar-refractivity contribution in [1.82, 2.24) is 4.90 Å². The first kappa shape index (κ1) is 19.4. The van der Waals surface area contributed by atoms with Gasteiger partial charge in [0.05, 0.1) is 23.0 Å². The van der Waals surface area contributed by atoms with Crippen LogP contribution in [0.3, 0.4) is 0 Å². The molecule has 1 N–H and O–H groups in total. The van der Waals surface area contributed by atoms with Crippen LogP contribution in [0.2, 0.25) is 0 Å². The molecular weight excluding hydrogens is 402 g/mol. The summed E-state index contributed by atoms with van der Waals surface area (Å²) in [5.41, 5.74) is 5.37. The molecule has 0 saturated heterocycles. The van der Waals surface area contributed by atoms with E-state index in [1.807, 2.05) is 73.7 Å². The molecule has 152 valence electrons. The van der Waals surface area contributed by atoms with E-state index in [1.165, 1.54) is 0 Å². The highest BCUT2D eigenvalue weighted by atomic mass is 32.2. The molecule has 1 amide bonds. The maximum atomic E-state index is 13.5. The molecule has 31 heavy (non-hydrogen) atoms. The van der Waals surface area contributed by atoms with E-state index in [-0.39, 0.29) is 11.9 Å². The second kappa shape index (κ2) is 8.28. The first-order valence-corrected chi connectivity index (χ1v) is 11.0. The van der Waals surface area contributed by atoms with E-state index in [0.717, 1.165) is 33.4 Å². The van der Waals surface area contributed by atoms with Crippen LogP contribution >= 0.6 is 11.8 Å². The maximum Gasteiger partial charge on any atom is 0.255 e. The summed E-state index contributed by atoms with van der Waals surface area (Å²) >= 11 is 1.60. The largest absolute Gasteiger partial charge is 0.322 e. The highest BCUT2D eigenvalue weighted by Gasteiger charge is 2.40. The van der Waals surface area contributed by atoms with E-state index in [2.05, 4.69) is 39.9 Å². The monoisotopic (exact) mass is 423 g/mol. The van der Waals surface area contributed by atoms with E-state index in [0.29, 0.717) is 5.57 Å². The molecule has 0 radical (unpaired) electrons. The minimum absolute atomic E-state index is 0.135. The Morgan fingerprint density at radius 2 is 1.52 bits per heavy atom. The number of nitrogens with zero attached hydrogens (tertiary/aromatic N) is 2. The molecule has 0 aliphatic carbocycles. The smallest absolute Gasteiger partial charge is 0.255 e. The molecule has 2 aliphatic heterocycles. The van der Waals surface area contributed by atoms with E-state index in [1.54, 1.807) is 11.8 Å². The van der Waals surface area contributed by atoms with Gasteiger partial charge in [-0.25, -0.2) is 4.99 Å². The Morgan fingerprint density at radius 1 is 0.903 bits per heavy atom. The summed E-state index contributed by atoms with van der Waals surface area (Å²) in [4.78, 5) is 20.5. The van der Waals surface area contributed by atoms with Crippen molar-refractivity contribution < 1.29 is 4.79 Å². The van der Waals surface area contributed by atoms with E-state index in [4.69, 9.17) is 4.99 Å². The lowest BCUT2D eigenvalue weighted by molar-refractivity contribution is -0.113. The van der Waals surface area contributed by atoms with Crippen molar-refractivity contribution in [1.29, 1.82) is 0 Å². The molecule has 0 saturated carbocycles. The number of amidine groups is 1. The average Bonchev–Trinajstić information content (AvgIpc) is 3.23. The number of carbonyl (C=O) groups excluding carboxylic acids is 1. The first-order valence-electron chi connectivity index (χ1n) is 10.1. The van der Waals surface area contributed by atoms with Crippen LogP contribution in [-0.2, 0) is 4.79 Å². The molecule has 0 unspecified atom stereocenters. The number of hydrogen-bond acceptors (Lipinski definition) is 4. The number of thioether (sulfide) groups is 1. The summed E-state index contributed by atoms with van der Waals surface area (Å²) in [6.07, 6.45) is 0. The maximum absolute atomic E-state index is 13.5. The number of hydrogen-bond donors (Lipinski definition) is 1. The van der Waals surface area contributed by atoms with Crippen LogP contribution in [0.25, 0.3) is 5.70 Å². The minimum atomic E-state index is -0.265. The second-order valence-corrected chi connectivity index (χ2v) is 8.22. The van der Waals surface area contributed by atoms with Gasteiger partial charge >= 0.3 is 0 Å². The zero-order valence-electron chi connectivity index (χ0n) is 17.0. The number of rotatable bonds is 4. The minimum Gasteiger partial charge on any atom is -0.322 e. The number of benzene rings is 3. The summed E-state index contributed by atoms with van der Waals surface area (Å²) in [5, 5.41) is 6.07. The number of amides is 1. The molecule has 2 aliphatic rings. The number of nitrogens with one attached hydrogen (secondary N) is 1. The van der Waals surface area contributed by atoms with Crippen molar-refractivity contribution in [2.24, 2.45) is 4.99 Å².